The largest absolute Gasteiger partial charge is 0.368 e. The van der Waals surface area contributed by atoms with Crippen molar-refractivity contribution in [1.82, 2.24) is 10.6 Å². The number of carbonyl (C=O) groups excluding carboxylic acids is 2. The molecule has 1 saturated heterocycles. The van der Waals surface area contributed by atoms with E-state index in [-0.39, 0.29) is 11.9 Å². The number of aryl methyl sites for hydroxylation is 1. The predicted octanol–water partition coefficient (Wildman–Crippen LogP) is 3.76. The van der Waals surface area contributed by atoms with Gasteiger partial charge < -0.3 is 26.2 Å². The van der Waals surface area contributed by atoms with Crippen molar-refractivity contribution in [3.8, 4) is 0 Å². The quantitative estimate of drug-likeness (QED) is 0.433. The summed E-state index contributed by atoms with van der Waals surface area (Å²) in [6.45, 7) is 5.82. The number of anilines is 2. The monoisotopic (exact) mass is 505 g/mol. The van der Waals surface area contributed by atoms with E-state index in [9.17, 15) is 9.59 Å². The van der Waals surface area contributed by atoms with Crippen LogP contribution in [0.2, 0.25) is 5.02 Å². The molecular formula is C28H32ClN5O2. The minimum atomic E-state index is -0.551. The van der Waals surface area contributed by atoms with Gasteiger partial charge in [0, 0.05) is 54.7 Å². The van der Waals surface area contributed by atoms with Crippen molar-refractivity contribution < 1.29 is 9.59 Å². The van der Waals surface area contributed by atoms with E-state index in [1.54, 1.807) is 24.3 Å². The summed E-state index contributed by atoms with van der Waals surface area (Å²) in [6, 6.07) is 20.6. The zero-order valence-corrected chi connectivity index (χ0v) is 21.4. The van der Waals surface area contributed by atoms with E-state index in [0.717, 1.165) is 37.4 Å². The number of primary amides is 1. The van der Waals surface area contributed by atoms with Crippen LogP contribution in [0.3, 0.4) is 0 Å². The molecule has 3 aromatic carbocycles. The number of likely N-dealkylation sites (N-methyl/N-ethyl adjacent to an activating group) is 1. The maximum absolute atomic E-state index is 13.1. The first-order chi connectivity index (χ1) is 17.4. The molecule has 0 radical (unpaired) electrons. The van der Waals surface area contributed by atoms with Crippen LogP contribution in [0.25, 0.3) is 0 Å². The molecule has 0 spiro atoms. The molecule has 4 rings (SSSR count). The summed E-state index contributed by atoms with van der Waals surface area (Å²) in [5.74, 6) is -0.825. The van der Waals surface area contributed by atoms with Crippen molar-refractivity contribution >= 4 is 34.8 Å². The average molecular weight is 506 g/mol. The van der Waals surface area contributed by atoms with Gasteiger partial charge in [-0.3, -0.25) is 9.59 Å². The van der Waals surface area contributed by atoms with Crippen LogP contribution in [-0.2, 0) is 0 Å². The number of carbonyl (C=O) groups is 2. The van der Waals surface area contributed by atoms with Crippen LogP contribution < -0.4 is 26.2 Å². The molecule has 1 aliphatic rings. The fourth-order valence-electron chi connectivity index (χ4n) is 4.65. The van der Waals surface area contributed by atoms with E-state index in [1.165, 1.54) is 11.3 Å². The Morgan fingerprint density at radius 2 is 1.58 bits per heavy atom. The number of nitrogens with one attached hydrogen (secondary N) is 2. The van der Waals surface area contributed by atoms with Gasteiger partial charge >= 0.3 is 0 Å². The van der Waals surface area contributed by atoms with Crippen LogP contribution in [-0.4, -0.2) is 51.6 Å². The molecular weight excluding hydrogens is 474 g/mol. The highest BCUT2D eigenvalue weighted by Gasteiger charge is 2.23. The van der Waals surface area contributed by atoms with E-state index in [4.69, 9.17) is 17.3 Å². The molecule has 188 valence electrons. The molecule has 2 amide bonds. The minimum absolute atomic E-state index is 0.258. The molecule has 1 aliphatic heterocycles. The lowest BCUT2D eigenvalue weighted by atomic mass is 10.0. The molecule has 0 bridgehead atoms. The number of nitrogens with zero attached hydrogens (tertiary/aromatic N) is 2. The van der Waals surface area contributed by atoms with E-state index < -0.39 is 5.91 Å². The summed E-state index contributed by atoms with van der Waals surface area (Å²) in [4.78, 5) is 30.0. The first-order valence-electron chi connectivity index (χ1n) is 12.1. The van der Waals surface area contributed by atoms with Crippen LogP contribution >= 0.6 is 11.6 Å². The van der Waals surface area contributed by atoms with Crippen LogP contribution in [0.5, 0.6) is 0 Å². The van der Waals surface area contributed by atoms with Gasteiger partial charge in [-0.1, -0.05) is 41.9 Å². The number of hydrogen-bond donors (Lipinski definition) is 3. The molecule has 1 atom stereocenters. The summed E-state index contributed by atoms with van der Waals surface area (Å²) in [5.41, 5.74) is 10.7. The Morgan fingerprint density at radius 3 is 2.19 bits per heavy atom. The molecule has 0 aliphatic carbocycles. The molecule has 1 fully saturated rings. The van der Waals surface area contributed by atoms with Crippen molar-refractivity contribution in [2.75, 3.05) is 49.6 Å². The number of para-hydroxylation sites is 1. The minimum Gasteiger partial charge on any atom is -0.368 e. The number of nitrogens with two attached hydrogens (primary N) is 1. The smallest absolute Gasteiger partial charge is 0.251 e. The van der Waals surface area contributed by atoms with Crippen LogP contribution in [0, 0.1) is 6.92 Å². The summed E-state index contributed by atoms with van der Waals surface area (Å²) in [5, 5.41) is 6.79. The number of amides is 2. The maximum Gasteiger partial charge on any atom is 0.251 e. The highest BCUT2D eigenvalue weighted by Crippen LogP contribution is 2.27. The van der Waals surface area contributed by atoms with Gasteiger partial charge in [-0.2, -0.15) is 0 Å². The van der Waals surface area contributed by atoms with Gasteiger partial charge in [0.05, 0.1) is 11.6 Å². The van der Waals surface area contributed by atoms with Gasteiger partial charge in [0.2, 0.25) is 0 Å². The number of hydrogen-bond acceptors (Lipinski definition) is 5. The second-order valence-electron chi connectivity index (χ2n) is 8.99. The Hall–Kier alpha value is -3.55. The van der Waals surface area contributed by atoms with Crippen molar-refractivity contribution in [2.24, 2.45) is 5.73 Å². The van der Waals surface area contributed by atoms with Crippen molar-refractivity contribution in [2.45, 2.75) is 13.0 Å². The van der Waals surface area contributed by atoms with Crippen LogP contribution in [0.4, 0.5) is 11.4 Å². The maximum atomic E-state index is 13.1. The zero-order chi connectivity index (χ0) is 25.7. The molecule has 7 nitrogen and oxygen atoms in total. The van der Waals surface area contributed by atoms with Crippen LogP contribution in [0.1, 0.15) is 37.9 Å². The Bertz CT molecular complexity index is 1220. The number of benzene rings is 3. The third-order valence-corrected chi connectivity index (χ3v) is 6.84. The van der Waals surface area contributed by atoms with E-state index in [2.05, 4.69) is 45.6 Å². The molecule has 0 saturated carbocycles. The predicted molar refractivity (Wildman–Crippen MR) is 146 cm³/mol. The first-order valence-corrected chi connectivity index (χ1v) is 12.5. The summed E-state index contributed by atoms with van der Waals surface area (Å²) < 4.78 is 0. The summed E-state index contributed by atoms with van der Waals surface area (Å²) in [7, 11) is 1.83. The number of rotatable bonds is 8. The van der Waals surface area contributed by atoms with Crippen molar-refractivity contribution in [3.05, 3.63) is 94.0 Å². The Kier molecular flexibility index (Phi) is 8.13. The molecule has 4 N–H and O–H groups in total. The molecule has 0 aromatic heterocycles. The van der Waals surface area contributed by atoms with Crippen molar-refractivity contribution in [1.29, 1.82) is 0 Å². The molecule has 36 heavy (non-hydrogen) atoms. The van der Waals surface area contributed by atoms with E-state index in [0.29, 0.717) is 22.7 Å². The normalized spacial score (nSPS) is 14.4. The summed E-state index contributed by atoms with van der Waals surface area (Å²) in [6.07, 6.45) is 0. The van der Waals surface area contributed by atoms with Crippen molar-refractivity contribution in [3.63, 3.8) is 0 Å². The summed E-state index contributed by atoms with van der Waals surface area (Å²) >= 11 is 6.01. The molecule has 1 heterocycles. The lowest BCUT2D eigenvalue weighted by molar-refractivity contribution is 0.0936. The second kappa shape index (κ2) is 11.5. The van der Waals surface area contributed by atoms with Crippen LogP contribution in [0.15, 0.2) is 66.7 Å². The fourth-order valence-corrected chi connectivity index (χ4v) is 4.78. The molecule has 0 unspecified atom stereocenters. The third kappa shape index (κ3) is 5.80. The average Bonchev–Trinajstić information content (AvgIpc) is 2.89. The van der Waals surface area contributed by atoms with E-state index in [1.807, 2.05) is 31.3 Å². The lowest BCUT2D eigenvalue weighted by Gasteiger charge is -2.38. The first kappa shape index (κ1) is 25.5. The van der Waals surface area contributed by atoms with E-state index >= 15 is 0 Å². The SMILES string of the molecule is CNC[C@@H](NC(=O)c1ccc(N2CCN(c3ccccc3C)CC2)c(C(N)=O)c1)c1ccc(Cl)cc1. The highest BCUT2D eigenvalue weighted by atomic mass is 35.5. The van der Waals surface area contributed by atoms with Gasteiger partial charge in [0.15, 0.2) is 0 Å². The Morgan fingerprint density at radius 1 is 0.944 bits per heavy atom. The highest BCUT2D eigenvalue weighted by molar-refractivity contribution is 6.30. The second-order valence-corrected chi connectivity index (χ2v) is 9.43. The lowest BCUT2D eigenvalue weighted by Crippen LogP contribution is -2.47. The van der Waals surface area contributed by atoms with Gasteiger partial charge in [-0.15, -0.1) is 0 Å². The van der Waals surface area contributed by atoms with Gasteiger partial charge in [-0.25, -0.2) is 0 Å². The topological polar surface area (TPSA) is 90.7 Å². The Labute approximate surface area is 217 Å². The van der Waals surface area contributed by atoms with Gasteiger partial charge in [0.25, 0.3) is 11.8 Å². The van der Waals surface area contributed by atoms with Gasteiger partial charge in [0.1, 0.15) is 0 Å². The number of piperazine rings is 1. The molecule has 8 heteroatoms. The fraction of sp³-hybridized carbons (Fsp3) is 0.286. The molecule has 3 aromatic rings. The third-order valence-electron chi connectivity index (χ3n) is 6.59. The standard InChI is InChI=1S/C28H32ClN5O2/c1-19-5-3-4-6-25(19)33-13-15-34(16-14-33)26-12-9-21(17-23(26)27(30)35)28(36)32-24(18-31-2)20-7-10-22(29)11-8-20/h3-12,17,24,31H,13-16,18H2,1-2H3,(H2,30,35)(H,32,36)/t24-/m1/s1. The van der Waals surface area contributed by atoms with Gasteiger partial charge in [-0.05, 0) is 61.5 Å². The number of halogens is 1. The zero-order valence-electron chi connectivity index (χ0n) is 20.6. The Balaban J connectivity index is 1.50.